The van der Waals surface area contributed by atoms with Gasteiger partial charge in [0.05, 0.1) is 5.69 Å². The molecule has 0 radical (unpaired) electrons. The summed E-state index contributed by atoms with van der Waals surface area (Å²) in [7, 11) is 0. The third-order valence-corrected chi connectivity index (χ3v) is 5.15. The Morgan fingerprint density at radius 2 is 2.17 bits per heavy atom. The van der Waals surface area contributed by atoms with Gasteiger partial charge in [-0.1, -0.05) is 33.8 Å². The zero-order valence-corrected chi connectivity index (χ0v) is 15.8. The molecule has 1 N–H and O–H groups in total. The van der Waals surface area contributed by atoms with Crippen LogP contribution in [-0.2, 0) is 12.0 Å². The van der Waals surface area contributed by atoms with E-state index < -0.39 is 0 Å². The fraction of sp³-hybridized carbons (Fsp3) is 0.611. The van der Waals surface area contributed by atoms with Crippen LogP contribution in [0, 0.1) is 5.92 Å². The lowest BCUT2D eigenvalue weighted by Gasteiger charge is -2.37. The summed E-state index contributed by atoms with van der Waals surface area (Å²) in [6.07, 6.45) is 2.99. The molecule has 1 aliphatic heterocycles. The number of likely N-dealkylation sites (tertiary alicyclic amines) is 1. The maximum atomic E-state index is 4.67. The second-order valence-corrected chi connectivity index (χ2v) is 8.50. The van der Waals surface area contributed by atoms with Gasteiger partial charge >= 0.3 is 0 Å². The molecule has 0 aromatic carbocycles. The van der Waals surface area contributed by atoms with Crippen LogP contribution >= 0.6 is 11.5 Å². The summed E-state index contributed by atoms with van der Waals surface area (Å²) in [6.45, 7) is 11.9. The fourth-order valence-electron chi connectivity index (χ4n) is 3.06. The van der Waals surface area contributed by atoms with Crippen LogP contribution in [0.5, 0.6) is 0 Å². The monoisotopic (exact) mass is 345 g/mol. The molecule has 0 bridgehead atoms. The molecule has 3 rings (SSSR count). The van der Waals surface area contributed by atoms with Crippen LogP contribution < -0.4 is 5.32 Å². The number of nitrogens with zero attached hydrogens (tertiary/aromatic N) is 4. The molecular formula is C18H27N5S. The largest absolute Gasteiger partial charge is 0.357 e. The molecule has 0 amide bonds. The van der Waals surface area contributed by atoms with Crippen molar-refractivity contribution in [3.05, 3.63) is 35.9 Å². The number of pyridine rings is 1. The molecule has 3 heterocycles. The minimum atomic E-state index is 0.00803. The van der Waals surface area contributed by atoms with Crippen LogP contribution in [0.4, 0.5) is 5.13 Å². The van der Waals surface area contributed by atoms with Crippen LogP contribution in [0.15, 0.2) is 24.4 Å². The van der Waals surface area contributed by atoms with Crippen molar-refractivity contribution in [2.75, 3.05) is 18.4 Å². The van der Waals surface area contributed by atoms with E-state index in [-0.39, 0.29) is 5.41 Å². The van der Waals surface area contributed by atoms with Crippen molar-refractivity contribution in [3.63, 3.8) is 0 Å². The van der Waals surface area contributed by atoms with E-state index in [2.05, 4.69) is 64.4 Å². The maximum Gasteiger partial charge on any atom is 0.202 e. The molecule has 0 aliphatic carbocycles. The van der Waals surface area contributed by atoms with E-state index in [1.807, 2.05) is 12.3 Å². The van der Waals surface area contributed by atoms with Crippen molar-refractivity contribution < 1.29 is 0 Å². The molecule has 1 fully saturated rings. The highest BCUT2D eigenvalue weighted by molar-refractivity contribution is 7.09. The first-order valence-corrected chi connectivity index (χ1v) is 9.42. The van der Waals surface area contributed by atoms with Crippen molar-refractivity contribution >= 4 is 16.7 Å². The molecule has 0 saturated carbocycles. The van der Waals surface area contributed by atoms with E-state index in [0.29, 0.717) is 12.0 Å². The lowest BCUT2D eigenvalue weighted by molar-refractivity contribution is 0.163. The normalized spacial score (nSPS) is 22.5. The molecule has 24 heavy (non-hydrogen) atoms. The zero-order valence-electron chi connectivity index (χ0n) is 15.0. The van der Waals surface area contributed by atoms with Gasteiger partial charge < -0.3 is 5.32 Å². The number of nitrogens with one attached hydrogen (secondary N) is 1. The average molecular weight is 346 g/mol. The van der Waals surface area contributed by atoms with Crippen LogP contribution in [0.2, 0.25) is 0 Å². The Hall–Kier alpha value is -1.53. The highest BCUT2D eigenvalue weighted by Gasteiger charge is 2.27. The van der Waals surface area contributed by atoms with Crippen LogP contribution in [0.25, 0.3) is 0 Å². The van der Waals surface area contributed by atoms with E-state index in [1.165, 1.54) is 11.5 Å². The molecule has 2 unspecified atom stereocenters. The molecule has 0 spiro atoms. The van der Waals surface area contributed by atoms with Gasteiger partial charge in [0.15, 0.2) is 0 Å². The number of aromatic nitrogens is 3. The third kappa shape index (κ3) is 4.30. The van der Waals surface area contributed by atoms with Gasteiger partial charge in [-0.05, 0) is 24.5 Å². The molecule has 2 aromatic rings. The molecule has 2 aromatic heterocycles. The molecule has 1 saturated heterocycles. The predicted octanol–water partition coefficient (Wildman–Crippen LogP) is 3.55. The van der Waals surface area contributed by atoms with E-state index in [4.69, 9.17) is 0 Å². The first-order chi connectivity index (χ1) is 11.4. The van der Waals surface area contributed by atoms with Crippen molar-refractivity contribution in [3.8, 4) is 0 Å². The smallest absolute Gasteiger partial charge is 0.202 e. The Morgan fingerprint density at radius 3 is 2.79 bits per heavy atom. The molecule has 5 nitrogen and oxygen atoms in total. The van der Waals surface area contributed by atoms with E-state index >= 15 is 0 Å². The summed E-state index contributed by atoms with van der Waals surface area (Å²) in [5.74, 6) is 1.50. The maximum absolute atomic E-state index is 4.67. The van der Waals surface area contributed by atoms with Crippen molar-refractivity contribution in [1.82, 2.24) is 19.2 Å². The van der Waals surface area contributed by atoms with E-state index in [9.17, 15) is 0 Å². The highest BCUT2D eigenvalue weighted by Crippen LogP contribution is 2.26. The Balaban J connectivity index is 1.55. The van der Waals surface area contributed by atoms with E-state index in [1.54, 1.807) is 0 Å². The average Bonchev–Trinajstić information content (AvgIpc) is 3.00. The van der Waals surface area contributed by atoms with Crippen molar-refractivity contribution in [1.29, 1.82) is 0 Å². The highest BCUT2D eigenvalue weighted by atomic mass is 32.1. The number of rotatable bonds is 4. The summed E-state index contributed by atoms with van der Waals surface area (Å²) in [4.78, 5) is 11.6. The Labute approximate surface area is 148 Å². The lowest BCUT2D eigenvalue weighted by Crippen LogP contribution is -2.44. The summed E-state index contributed by atoms with van der Waals surface area (Å²) in [5, 5.41) is 4.56. The number of hydrogen-bond acceptors (Lipinski definition) is 6. The lowest BCUT2D eigenvalue weighted by atomic mass is 9.94. The second kappa shape index (κ2) is 7.15. The topological polar surface area (TPSA) is 53.9 Å². The third-order valence-electron chi connectivity index (χ3n) is 4.51. The molecule has 6 heteroatoms. The summed E-state index contributed by atoms with van der Waals surface area (Å²) >= 11 is 1.48. The first kappa shape index (κ1) is 17.3. The van der Waals surface area contributed by atoms with Gasteiger partial charge in [-0.25, -0.2) is 4.98 Å². The van der Waals surface area contributed by atoms with Crippen molar-refractivity contribution in [2.45, 2.75) is 52.1 Å². The van der Waals surface area contributed by atoms with Gasteiger partial charge in [0, 0.05) is 48.8 Å². The summed E-state index contributed by atoms with van der Waals surface area (Å²) in [5.41, 5.74) is 1.16. The Morgan fingerprint density at radius 1 is 1.33 bits per heavy atom. The first-order valence-electron chi connectivity index (χ1n) is 8.65. The fourth-order valence-corrected chi connectivity index (χ4v) is 3.88. The van der Waals surface area contributed by atoms with Crippen LogP contribution in [-0.4, -0.2) is 38.4 Å². The zero-order chi connectivity index (χ0) is 17.2. The predicted molar refractivity (Wildman–Crippen MR) is 99.3 cm³/mol. The number of piperidine rings is 1. The quantitative estimate of drug-likeness (QED) is 0.918. The Kier molecular flexibility index (Phi) is 5.15. The summed E-state index contributed by atoms with van der Waals surface area (Å²) in [6, 6.07) is 6.59. The summed E-state index contributed by atoms with van der Waals surface area (Å²) < 4.78 is 4.50. The van der Waals surface area contributed by atoms with Gasteiger partial charge in [-0.2, -0.15) is 4.37 Å². The van der Waals surface area contributed by atoms with Gasteiger partial charge in [-0.15, -0.1) is 0 Å². The Bertz CT molecular complexity index is 649. The second-order valence-electron chi connectivity index (χ2n) is 7.75. The van der Waals surface area contributed by atoms with Crippen LogP contribution in [0.3, 0.4) is 0 Å². The molecule has 130 valence electrons. The molecular weight excluding hydrogens is 318 g/mol. The van der Waals surface area contributed by atoms with E-state index in [0.717, 1.165) is 42.7 Å². The molecule has 2 atom stereocenters. The SMILES string of the molecule is CC1CN(Cc2ccccn2)CCC1Nc1nc(C(C)(C)C)ns1. The van der Waals surface area contributed by atoms with Gasteiger partial charge in [0.2, 0.25) is 5.13 Å². The van der Waals surface area contributed by atoms with Crippen LogP contribution in [0.1, 0.15) is 45.6 Å². The molecule has 1 aliphatic rings. The van der Waals surface area contributed by atoms with Gasteiger partial charge in [0.1, 0.15) is 5.82 Å². The van der Waals surface area contributed by atoms with Crippen molar-refractivity contribution in [2.24, 2.45) is 5.92 Å². The number of anilines is 1. The standard InChI is InChI=1S/C18H27N5S/c1-13-11-23(12-14-7-5-6-9-19-14)10-8-15(13)20-17-21-16(22-24-17)18(2,3)4/h5-7,9,13,15H,8,10-12H2,1-4H3,(H,20,21,22). The minimum absolute atomic E-state index is 0.00803. The number of hydrogen-bond donors (Lipinski definition) is 1. The minimum Gasteiger partial charge on any atom is -0.357 e. The van der Waals surface area contributed by atoms with Gasteiger partial charge in [-0.3, -0.25) is 9.88 Å². The van der Waals surface area contributed by atoms with Gasteiger partial charge in [0.25, 0.3) is 0 Å².